The van der Waals surface area contributed by atoms with Crippen LogP contribution in [0.2, 0.25) is 0 Å². The molecule has 0 bridgehead atoms. The van der Waals surface area contributed by atoms with E-state index in [1.807, 2.05) is 13.8 Å². The van der Waals surface area contributed by atoms with Crippen molar-refractivity contribution >= 4 is 45.8 Å². The number of amides is 1. The molecule has 2 aromatic rings. The number of aromatic nitrogens is 1. The highest BCUT2D eigenvalue weighted by Crippen LogP contribution is 2.34. The highest BCUT2D eigenvalue weighted by molar-refractivity contribution is 7.73. The fraction of sp³-hybridized carbons (Fsp3) is 0.375. The van der Waals surface area contributed by atoms with E-state index >= 15 is 0 Å². The van der Waals surface area contributed by atoms with Crippen LogP contribution in [-0.4, -0.2) is 10.9 Å². The lowest BCUT2D eigenvalue weighted by Crippen LogP contribution is -2.14. The minimum absolute atomic E-state index is 0.217. The molecule has 4 nitrogen and oxygen atoms in total. The van der Waals surface area contributed by atoms with Crippen LogP contribution < -0.4 is 5.32 Å². The topological polar surface area (TPSA) is 65.8 Å². The van der Waals surface area contributed by atoms with E-state index in [9.17, 15) is 10.1 Å². The summed E-state index contributed by atoms with van der Waals surface area (Å²) >= 11 is 8.17. The molecule has 0 aliphatic heterocycles. The van der Waals surface area contributed by atoms with E-state index in [-0.39, 0.29) is 5.91 Å². The summed E-state index contributed by atoms with van der Waals surface area (Å²) in [5.41, 5.74) is 3.43. The van der Waals surface area contributed by atoms with Gasteiger partial charge < -0.3 is 5.32 Å². The zero-order chi connectivity index (χ0) is 16.6. The first-order chi connectivity index (χ1) is 11.0. The van der Waals surface area contributed by atoms with Gasteiger partial charge in [0.25, 0.3) is 5.91 Å². The Morgan fingerprint density at radius 2 is 1.96 bits per heavy atom. The third-order valence-electron chi connectivity index (χ3n) is 3.89. The Labute approximate surface area is 147 Å². The van der Waals surface area contributed by atoms with Gasteiger partial charge in [0.1, 0.15) is 15.9 Å². The van der Waals surface area contributed by atoms with Gasteiger partial charge in [-0.1, -0.05) is 12.2 Å². The molecule has 0 atom stereocenters. The van der Waals surface area contributed by atoms with Crippen molar-refractivity contribution in [2.24, 2.45) is 0 Å². The second kappa shape index (κ2) is 6.48. The molecule has 118 valence electrons. The molecule has 7 heteroatoms. The minimum Gasteiger partial charge on any atom is -0.312 e. The molecular weight excluding hydrogens is 346 g/mol. The van der Waals surface area contributed by atoms with Gasteiger partial charge in [-0.3, -0.25) is 4.79 Å². The Morgan fingerprint density at radius 1 is 1.26 bits per heavy atom. The van der Waals surface area contributed by atoms with Gasteiger partial charge in [0.05, 0.1) is 20.1 Å². The second-order valence-electron chi connectivity index (χ2n) is 5.47. The highest BCUT2D eigenvalue weighted by atomic mass is 32.1. The summed E-state index contributed by atoms with van der Waals surface area (Å²) in [5, 5.41) is 13.9. The average Bonchev–Trinajstić information content (AvgIpc) is 2.86. The van der Waals surface area contributed by atoms with Crippen LogP contribution in [0.25, 0.3) is 0 Å². The van der Waals surface area contributed by atoms with E-state index in [0.29, 0.717) is 21.1 Å². The van der Waals surface area contributed by atoms with Gasteiger partial charge in [0.15, 0.2) is 0 Å². The number of anilines is 1. The standard InChI is InChI=1S/C16H15N3OS3/c1-8-13(22-9(2)18-8)14(20)19-15-12(7-17)10-5-3-4-6-11(10)16(21)23-15/h3-6H2,1-2H3,(H,19,20). The number of aryl methyl sites for hydroxylation is 2. The van der Waals surface area contributed by atoms with Crippen molar-refractivity contribution in [2.45, 2.75) is 39.5 Å². The summed E-state index contributed by atoms with van der Waals surface area (Å²) in [6.45, 7) is 3.69. The lowest BCUT2D eigenvalue weighted by molar-refractivity contribution is 0.103. The molecule has 0 saturated carbocycles. The van der Waals surface area contributed by atoms with Crippen LogP contribution in [-0.2, 0) is 12.8 Å². The Morgan fingerprint density at radius 3 is 2.57 bits per heavy atom. The molecule has 0 aromatic carbocycles. The number of hydrogen-bond donors (Lipinski definition) is 1. The normalized spacial score (nSPS) is 13.3. The van der Waals surface area contributed by atoms with Crippen LogP contribution in [0, 0.1) is 29.0 Å². The van der Waals surface area contributed by atoms with Crippen molar-refractivity contribution < 1.29 is 4.79 Å². The van der Waals surface area contributed by atoms with Crippen LogP contribution in [0.15, 0.2) is 0 Å². The van der Waals surface area contributed by atoms with Crippen molar-refractivity contribution in [3.8, 4) is 6.07 Å². The van der Waals surface area contributed by atoms with Gasteiger partial charge in [-0.05, 0) is 50.7 Å². The zero-order valence-corrected chi connectivity index (χ0v) is 15.3. The van der Waals surface area contributed by atoms with E-state index in [4.69, 9.17) is 12.2 Å². The number of nitriles is 1. The van der Waals surface area contributed by atoms with Crippen molar-refractivity contribution in [1.29, 1.82) is 5.26 Å². The lowest BCUT2D eigenvalue weighted by Gasteiger charge is -2.18. The lowest BCUT2D eigenvalue weighted by atomic mass is 9.91. The quantitative estimate of drug-likeness (QED) is 0.797. The molecule has 0 fully saturated rings. The number of fused-ring (bicyclic) bond motifs is 1. The Hall–Kier alpha value is -1.62. The van der Waals surface area contributed by atoms with E-state index in [1.54, 1.807) is 0 Å². The summed E-state index contributed by atoms with van der Waals surface area (Å²) in [5.74, 6) is -0.217. The third-order valence-corrected chi connectivity index (χ3v) is 6.40. The predicted octanol–water partition coefficient (Wildman–Crippen LogP) is 4.55. The maximum absolute atomic E-state index is 12.5. The van der Waals surface area contributed by atoms with E-state index in [2.05, 4.69) is 16.4 Å². The maximum atomic E-state index is 12.5. The molecule has 23 heavy (non-hydrogen) atoms. The van der Waals surface area contributed by atoms with Crippen LogP contribution in [0.1, 0.15) is 49.9 Å². The van der Waals surface area contributed by atoms with Crippen LogP contribution in [0.4, 0.5) is 5.00 Å². The van der Waals surface area contributed by atoms with E-state index in [0.717, 1.165) is 45.6 Å². The zero-order valence-electron chi connectivity index (χ0n) is 12.9. The van der Waals surface area contributed by atoms with Gasteiger partial charge in [0, 0.05) is 0 Å². The molecular formula is C16H15N3OS3. The van der Waals surface area contributed by atoms with E-state index in [1.165, 1.54) is 22.7 Å². The van der Waals surface area contributed by atoms with Crippen LogP contribution in [0.5, 0.6) is 0 Å². The fourth-order valence-electron chi connectivity index (χ4n) is 2.86. The Balaban J connectivity index is 2.02. The summed E-state index contributed by atoms with van der Waals surface area (Å²) in [6, 6.07) is 2.26. The second-order valence-corrected chi connectivity index (χ2v) is 8.36. The Kier molecular flexibility index (Phi) is 4.57. The molecule has 1 N–H and O–H groups in total. The van der Waals surface area contributed by atoms with Gasteiger partial charge in [0.2, 0.25) is 0 Å². The number of rotatable bonds is 2. The van der Waals surface area contributed by atoms with Gasteiger partial charge in [-0.2, -0.15) is 5.26 Å². The molecule has 3 rings (SSSR count). The number of nitrogens with zero attached hydrogens (tertiary/aromatic N) is 2. The third kappa shape index (κ3) is 3.07. The average molecular weight is 362 g/mol. The summed E-state index contributed by atoms with van der Waals surface area (Å²) < 4.78 is 0.784. The highest BCUT2D eigenvalue weighted by Gasteiger charge is 2.22. The number of carbonyl (C=O) groups is 1. The fourth-order valence-corrected chi connectivity index (χ4v) is 5.10. The number of thiazole rings is 1. The van der Waals surface area contributed by atoms with Crippen molar-refractivity contribution in [2.75, 3.05) is 5.32 Å². The molecule has 2 aromatic heterocycles. The van der Waals surface area contributed by atoms with Crippen LogP contribution in [0.3, 0.4) is 0 Å². The molecule has 1 amide bonds. The van der Waals surface area contributed by atoms with Gasteiger partial charge >= 0.3 is 0 Å². The van der Waals surface area contributed by atoms with Crippen molar-refractivity contribution in [1.82, 2.24) is 4.98 Å². The smallest absolute Gasteiger partial charge is 0.268 e. The predicted molar refractivity (Wildman–Crippen MR) is 96.1 cm³/mol. The van der Waals surface area contributed by atoms with Crippen molar-refractivity contribution in [3.05, 3.63) is 36.1 Å². The molecule has 1 aliphatic rings. The first-order valence-corrected chi connectivity index (χ1v) is 9.39. The largest absolute Gasteiger partial charge is 0.312 e. The van der Waals surface area contributed by atoms with E-state index < -0.39 is 0 Å². The van der Waals surface area contributed by atoms with Crippen molar-refractivity contribution in [3.63, 3.8) is 0 Å². The Bertz CT molecular complexity index is 889. The molecule has 2 heterocycles. The molecule has 0 unspecified atom stereocenters. The first kappa shape index (κ1) is 16.2. The molecule has 1 aliphatic carbocycles. The summed E-state index contributed by atoms with van der Waals surface area (Å²) in [7, 11) is 0. The van der Waals surface area contributed by atoms with Crippen LogP contribution >= 0.6 is 34.9 Å². The minimum atomic E-state index is -0.217. The van der Waals surface area contributed by atoms with Gasteiger partial charge in [-0.25, -0.2) is 4.98 Å². The summed E-state index contributed by atoms with van der Waals surface area (Å²) in [6.07, 6.45) is 3.96. The molecule has 0 saturated heterocycles. The monoisotopic (exact) mass is 361 g/mol. The van der Waals surface area contributed by atoms with Gasteiger partial charge in [-0.15, -0.1) is 22.7 Å². The molecule has 0 spiro atoms. The maximum Gasteiger partial charge on any atom is 0.268 e. The SMILES string of the molecule is Cc1nc(C)c(C(=O)Nc2sc(=S)c3c(c2C#N)CCCC3)s1. The molecule has 0 radical (unpaired) electrons. The number of hydrogen-bond acceptors (Lipinski definition) is 6. The summed E-state index contributed by atoms with van der Waals surface area (Å²) in [4.78, 5) is 17.4. The number of nitrogens with one attached hydrogen (secondary N) is 1. The first-order valence-electron chi connectivity index (χ1n) is 7.35. The number of carbonyl (C=O) groups excluding carboxylic acids is 1.